The van der Waals surface area contributed by atoms with Gasteiger partial charge in [0.05, 0.1) is 6.61 Å². The first-order chi connectivity index (χ1) is 9.93. The van der Waals surface area contributed by atoms with Crippen LogP contribution in [0.15, 0.2) is 17.2 Å². The van der Waals surface area contributed by atoms with Gasteiger partial charge in [-0.2, -0.15) is 4.31 Å². The molecule has 1 aromatic heterocycles. The first-order valence-corrected chi connectivity index (χ1v) is 9.21. The maximum absolute atomic E-state index is 12.9. The van der Waals surface area contributed by atoms with Crippen molar-refractivity contribution in [3.05, 3.63) is 18.0 Å². The third-order valence-electron chi connectivity index (χ3n) is 4.69. The predicted molar refractivity (Wildman–Crippen MR) is 80.4 cm³/mol. The summed E-state index contributed by atoms with van der Waals surface area (Å²) in [6.45, 7) is 4.64. The normalized spacial score (nSPS) is 28.0. The summed E-state index contributed by atoms with van der Waals surface area (Å²) in [5.41, 5.74) is 0.703. The van der Waals surface area contributed by atoms with Crippen LogP contribution in [0.4, 0.5) is 0 Å². The van der Waals surface area contributed by atoms with Gasteiger partial charge in [-0.25, -0.2) is 8.42 Å². The highest BCUT2D eigenvalue weighted by Gasteiger charge is 2.35. The molecule has 2 fully saturated rings. The van der Waals surface area contributed by atoms with E-state index < -0.39 is 10.0 Å². The minimum atomic E-state index is -3.45. The lowest BCUT2D eigenvalue weighted by Crippen LogP contribution is -2.43. The van der Waals surface area contributed by atoms with Crippen molar-refractivity contribution in [3.8, 4) is 0 Å². The summed E-state index contributed by atoms with van der Waals surface area (Å²) in [7, 11) is -3.45. The number of aliphatic hydroxyl groups is 1. The zero-order valence-electron chi connectivity index (χ0n) is 12.7. The molecule has 1 saturated carbocycles. The molecule has 2 heterocycles. The van der Waals surface area contributed by atoms with Crippen LogP contribution in [0.3, 0.4) is 0 Å². The van der Waals surface area contributed by atoms with Crippen LogP contribution < -0.4 is 0 Å². The zero-order chi connectivity index (χ0) is 15.2. The molecule has 1 N–H and O–H groups in total. The molecule has 6 heteroatoms. The molecule has 0 bridgehead atoms. The van der Waals surface area contributed by atoms with Crippen LogP contribution in [0.25, 0.3) is 0 Å². The van der Waals surface area contributed by atoms with Gasteiger partial charge in [-0.1, -0.05) is 6.92 Å². The van der Waals surface area contributed by atoms with Crippen molar-refractivity contribution in [2.24, 2.45) is 5.92 Å². The highest BCUT2D eigenvalue weighted by molar-refractivity contribution is 7.89. The molecule has 0 spiro atoms. The van der Waals surface area contributed by atoms with Crippen LogP contribution in [0, 0.1) is 5.92 Å². The Kier molecular flexibility index (Phi) is 3.88. The van der Waals surface area contributed by atoms with Gasteiger partial charge in [-0.15, -0.1) is 0 Å². The Balaban J connectivity index is 1.91. The lowest BCUT2D eigenvalue weighted by molar-refractivity contribution is 0.220. The quantitative estimate of drug-likeness (QED) is 0.926. The van der Waals surface area contributed by atoms with Crippen LogP contribution in [0.5, 0.6) is 0 Å². The molecule has 2 unspecified atom stereocenters. The highest BCUT2D eigenvalue weighted by atomic mass is 32.2. The zero-order valence-corrected chi connectivity index (χ0v) is 13.5. The van der Waals surface area contributed by atoms with Crippen LogP contribution in [0.2, 0.25) is 0 Å². The molecule has 0 aromatic carbocycles. The van der Waals surface area contributed by atoms with Crippen molar-refractivity contribution in [3.63, 3.8) is 0 Å². The Labute approximate surface area is 126 Å². The summed E-state index contributed by atoms with van der Waals surface area (Å²) >= 11 is 0. The first-order valence-electron chi connectivity index (χ1n) is 7.77. The highest BCUT2D eigenvalue weighted by Crippen LogP contribution is 2.38. The molecular formula is C15H24N2O3S. The fraction of sp³-hybridized carbons (Fsp3) is 0.733. The van der Waals surface area contributed by atoms with Crippen molar-refractivity contribution in [2.75, 3.05) is 6.54 Å². The lowest BCUT2D eigenvalue weighted by atomic mass is 9.95. The molecule has 0 amide bonds. The number of piperidine rings is 1. The number of sulfonamides is 1. The van der Waals surface area contributed by atoms with Crippen molar-refractivity contribution >= 4 is 10.0 Å². The average molecular weight is 312 g/mol. The Bertz CT molecular complexity index is 619. The van der Waals surface area contributed by atoms with Gasteiger partial charge in [0.15, 0.2) is 0 Å². The van der Waals surface area contributed by atoms with Gasteiger partial charge in [-0.05, 0) is 44.6 Å². The number of hydrogen-bond donors (Lipinski definition) is 1. The van der Waals surface area contributed by atoms with Crippen LogP contribution in [-0.4, -0.2) is 35.0 Å². The molecule has 1 aromatic rings. The number of aliphatic hydroxyl groups excluding tert-OH is 1. The molecule has 2 aliphatic rings. The second-order valence-corrected chi connectivity index (χ2v) is 8.45. The van der Waals surface area contributed by atoms with Crippen LogP contribution in [0.1, 0.15) is 51.3 Å². The lowest BCUT2D eigenvalue weighted by Gasteiger charge is -2.35. The maximum atomic E-state index is 12.9. The van der Waals surface area contributed by atoms with Crippen molar-refractivity contribution < 1.29 is 13.5 Å². The molecule has 1 saturated heterocycles. The summed E-state index contributed by atoms with van der Waals surface area (Å²) in [6, 6.07) is 2.05. The Morgan fingerprint density at radius 3 is 2.57 bits per heavy atom. The topological polar surface area (TPSA) is 62.5 Å². The van der Waals surface area contributed by atoms with Gasteiger partial charge in [-0.3, -0.25) is 0 Å². The standard InChI is InChI=1S/C15H24N2O3S/c1-11-5-6-17(12(2)7-11)21(19,20)15-8-14(10-18)16(9-15)13-3-4-13/h8-9,11-13,18H,3-7,10H2,1-2H3. The summed E-state index contributed by atoms with van der Waals surface area (Å²) in [6.07, 6.45) is 5.68. The fourth-order valence-corrected chi connectivity index (χ4v) is 5.04. The van der Waals surface area contributed by atoms with Gasteiger partial charge in [0.1, 0.15) is 4.90 Å². The van der Waals surface area contributed by atoms with E-state index in [1.807, 2.05) is 11.5 Å². The summed E-state index contributed by atoms with van der Waals surface area (Å²) < 4.78 is 29.3. The predicted octanol–water partition coefficient (Wildman–Crippen LogP) is 2.12. The molecule has 2 atom stereocenters. The summed E-state index contributed by atoms with van der Waals surface area (Å²) in [4.78, 5) is 0.333. The van der Waals surface area contributed by atoms with Gasteiger partial charge in [0, 0.05) is 30.5 Å². The SMILES string of the molecule is CC1CCN(S(=O)(=O)c2cc(CO)n(C3CC3)c2)C(C)C1. The monoisotopic (exact) mass is 312 g/mol. The fourth-order valence-electron chi connectivity index (χ4n) is 3.34. The van der Waals surface area contributed by atoms with E-state index in [1.54, 1.807) is 16.6 Å². The summed E-state index contributed by atoms with van der Waals surface area (Å²) in [5, 5.41) is 9.44. The van der Waals surface area contributed by atoms with E-state index in [9.17, 15) is 13.5 Å². The molecule has 1 aliphatic heterocycles. The number of hydrogen-bond acceptors (Lipinski definition) is 3. The van der Waals surface area contributed by atoms with Crippen LogP contribution in [-0.2, 0) is 16.6 Å². The molecule has 21 heavy (non-hydrogen) atoms. The van der Waals surface area contributed by atoms with E-state index in [0.717, 1.165) is 25.7 Å². The summed E-state index contributed by atoms with van der Waals surface area (Å²) in [5.74, 6) is 0.579. The minimum Gasteiger partial charge on any atom is -0.390 e. The minimum absolute atomic E-state index is 0.0422. The van der Waals surface area contributed by atoms with E-state index in [0.29, 0.717) is 29.1 Å². The Morgan fingerprint density at radius 2 is 2.00 bits per heavy atom. The smallest absolute Gasteiger partial charge is 0.244 e. The van der Waals surface area contributed by atoms with Gasteiger partial charge in [0.2, 0.25) is 10.0 Å². The van der Waals surface area contributed by atoms with Gasteiger partial charge < -0.3 is 9.67 Å². The molecule has 5 nitrogen and oxygen atoms in total. The Morgan fingerprint density at radius 1 is 1.29 bits per heavy atom. The molecule has 0 radical (unpaired) electrons. The van der Waals surface area contributed by atoms with Crippen molar-refractivity contribution in [2.45, 2.75) is 63.1 Å². The second kappa shape index (κ2) is 5.41. The average Bonchev–Trinajstić information content (AvgIpc) is 3.16. The molecule has 118 valence electrons. The maximum Gasteiger partial charge on any atom is 0.244 e. The van der Waals surface area contributed by atoms with Crippen molar-refractivity contribution in [1.29, 1.82) is 0 Å². The third-order valence-corrected chi connectivity index (χ3v) is 6.67. The Hall–Kier alpha value is -0.850. The number of aromatic nitrogens is 1. The van der Waals surface area contributed by atoms with Crippen molar-refractivity contribution in [1.82, 2.24) is 8.87 Å². The van der Waals surface area contributed by atoms with Gasteiger partial charge >= 0.3 is 0 Å². The first kappa shape index (κ1) is 15.1. The third kappa shape index (κ3) is 2.76. The van der Waals surface area contributed by atoms with Crippen LogP contribution >= 0.6 is 0 Å². The van der Waals surface area contributed by atoms with Gasteiger partial charge in [0.25, 0.3) is 0 Å². The van der Waals surface area contributed by atoms with E-state index in [1.165, 1.54) is 0 Å². The largest absolute Gasteiger partial charge is 0.390 e. The molecular weight excluding hydrogens is 288 g/mol. The number of rotatable bonds is 4. The second-order valence-electron chi connectivity index (χ2n) is 6.56. The number of nitrogens with zero attached hydrogens (tertiary/aromatic N) is 2. The molecule has 3 rings (SSSR count). The van der Waals surface area contributed by atoms with E-state index in [4.69, 9.17) is 0 Å². The molecule has 1 aliphatic carbocycles. The van der Waals surface area contributed by atoms with E-state index in [2.05, 4.69) is 6.92 Å². The van der Waals surface area contributed by atoms with E-state index >= 15 is 0 Å². The van der Waals surface area contributed by atoms with E-state index in [-0.39, 0.29) is 12.6 Å².